The topological polar surface area (TPSA) is 128 Å². The summed E-state index contributed by atoms with van der Waals surface area (Å²) in [5.74, 6) is 0.671. The van der Waals surface area contributed by atoms with Crippen molar-refractivity contribution < 1.29 is 52.1 Å². The highest BCUT2D eigenvalue weighted by atomic mass is 16.7. The first-order chi connectivity index (χ1) is 20.4. The second-order valence-corrected chi connectivity index (χ2v) is 8.95. The zero-order valence-electron chi connectivity index (χ0n) is 24.5. The van der Waals surface area contributed by atoms with Gasteiger partial charge in [-0.2, -0.15) is 0 Å². The molecule has 1 aliphatic heterocycles. The van der Waals surface area contributed by atoms with Gasteiger partial charge in [0.15, 0.2) is 6.29 Å². The highest BCUT2D eigenvalue weighted by Crippen LogP contribution is 2.19. The molecular formula is C29H51NO11. The first-order valence-electron chi connectivity index (χ1n) is 14.7. The highest BCUT2D eigenvalue weighted by Gasteiger charge is 2.13. The molecule has 0 aliphatic carbocycles. The van der Waals surface area contributed by atoms with Gasteiger partial charge in [-0.3, -0.25) is 0 Å². The third-order valence-electron chi connectivity index (χ3n) is 5.68. The highest BCUT2D eigenvalue weighted by molar-refractivity contribution is 5.51. The molecule has 12 nitrogen and oxygen atoms in total. The number of rotatable bonds is 29. The summed E-state index contributed by atoms with van der Waals surface area (Å²) in [4.78, 5) is 0. The van der Waals surface area contributed by atoms with Crippen molar-refractivity contribution in [3.05, 3.63) is 24.3 Å². The van der Waals surface area contributed by atoms with E-state index in [1.807, 2.05) is 18.2 Å². The van der Waals surface area contributed by atoms with Gasteiger partial charge in [0.2, 0.25) is 0 Å². The molecule has 0 spiro atoms. The van der Waals surface area contributed by atoms with E-state index in [-0.39, 0.29) is 6.29 Å². The fourth-order valence-electron chi connectivity index (χ4n) is 3.55. The Morgan fingerprint density at radius 1 is 0.537 bits per heavy atom. The fourth-order valence-corrected chi connectivity index (χ4v) is 3.55. The van der Waals surface area contributed by atoms with Crippen LogP contribution >= 0.6 is 0 Å². The third-order valence-corrected chi connectivity index (χ3v) is 5.68. The summed E-state index contributed by atoms with van der Waals surface area (Å²) in [6, 6.07) is 7.39. The minimum Gasteiger partial charge on any atom is -0.489 e. The number of para-hydroxylation sites is 2. The van der Waals surface area contributed by atoms with E-state index in [1.165, 1.54) is 6.42 Å². The van der Waals surface area contributed by atoms with Crippen LogP contribution in [0, 0.1) is 0 Å². The smallest absolute Gasteiger partial charge is 0.157 e. The number of benzene rings is 1. The molecule has 238 valence electrons. The molecule has 1 aliphatic rings. The van der Waals surface area contributed by atoms with Gasteiger partial charge < -0.3 is 57.8 Å². The van der Waals surface area contributed by atoms with E-state index in [2.05, 4.69) is 0 Å². The van der Waals surface area contributed by atoms with E-state index in [1.54, 1.807) is 6.07 Å². The van der Waals surface area contributed by atoms with Crippen LogP contribution in [-0.4, -0.2) is 132 Å². The number of nitrogens with two attached hydrogens (primary N) is 1. The van der Waals surface area contributed by atoms with Crippen molar-refractivity contribution in [2.45, 2.75) is 25.6 Å². The van der Waals surface area contributed by atoms with Gasteiger partial charge >= 0.3 is 0 Å². The molecule has 1 atom stereocenters. The Morgan fingerprint density at radius 2 is 0.951 bits per heavy atom. The van der Waals surface area contributed by atoms with Crippen molar-refractivity contribution in [3.8, 4) is 5.75 Å². The lowest BCUT2D eigenvalue weighted by molar-refractivity contribution is -0.169. The first kappa shape index (κ1) is 35.6. The predicted octanol–water partition coefficient (Wildman–Crippen LogP) is 2.32. The van der Waals surface area contributed by atoms with Crippen LogP contribution in [0.3, 0.4) is 0 Å². The maximum Gasteiger partial charge on any atom is 0.157 e. The Morgan fingerprint density at radius 3 is 1.37 bits per heavy atom. The first-order valence-corrected chi connectivity index (χ1v) is 14.7. The summed E-state index contributed by atoms with van der Waals surface area (Å²) in [5.41, 5.74) is 6.43. The Balaban J connectivity index is 1.16. The SMILES string of the molecule is Nc1ccccc1OCCOCCOCCOCCOCCOCCOCCOCCOCCOC1CCCCO1. The molecule has 0 saturated carbocycles. The summed E-state index contributed by atoms with van der Waals surface area (Å²) < 4.78 is 60.5. The second-order valence-electron chi connectivity index (χ2n) is 8.95. The summed E-state index contributed by atoms with van der Waals surface area (Å²) in [5, 5.41) is 0. The average molecular weight is 590 g/mol. The number of hydrogen-bond acceptors (Lipinski definition) is 12. The van der Waals surface area contributed by atoms with E-state index in [0.717, 1.165) is 19.4 Å². The van der Waals surface area contributed by atoms with E-state index in [0.29, 0.717) is 130 Å². The van der Waals surface area contributed by atoms with Crippen LogP contribution in [0.15, 0.2) is 24.3 Å². The molecule has 41 heavy (non-hydrogen) atoms. The van der Waals surface area contributed by atoms with Crippen molar-refractivity contribution in [1.82, 2.24) is 0 Å². The van der Waals surface area contributed by atoms with E-state index in [4.69, 9.17) is 57.8 Å². The van der Waals surface area contributed by atoms with Crippen LogP contribution < -0.4 is 10.5 Å². The van der Waals surface area contributed by atoms with Crippen LogP contribution in [-0.2, 0) is 47.4 Å². The standard InChI is InChI=1S/C29H51NO11/c30-27-5-1-2-6-28(27)39-25-23-37-21-19-35-17-15-33-13-11-31-9-10-32-12-14-34-16-18-36-20-22-38-24-26-41-29-7-3-4-8-40-29/h1-2,5-6,29H,3-4,7-26,30H2. The molecule has 12 heteroatoms. The molecule has 2 N–H and O–H groups in total. The zero-order valence-corrected chi connectivity index (χ0v) is 24.5. The quantitative estimate of drug-likeness (QED) is 0.109. The molecule has 0 aromatic heterocycles. The van der Waals surface area contributed by atoms with Gasteiger partial charge in [-0.25, -0.2) is 0 Å². The molecule has 2 rings (SSSR count). The molecule has 1 heterocycles. The van der Waals surface area contributed by atoms with Gasteiger partial charge in [0.25, 0.3) is 0 Å². The number of nitrogen functional groups attached to an aromatic ring is 1. The van der Waals surface area contributed by atoms with Crippen LogP contribution in [0.25, 0.3) is 0 Å². The maximum atomic E-state index is 5.81. The van der Waals surface area contributed by atoms with Crippen molar-refractivity contribution in [2.24, 2.45) is 0 Å². The van der Waals surface area contributed by atoms with Crippen LogP contribution in [0.4, 0.5) is 5.69 Å². The molecule has 0 bridgehead atoms. The lowest BCUT2D eigenvalue weighted by Crippen LogP contribution is -2.24. The molecule has 1 fully saturated rings. The number of ether oxygens (including phenoxy) is 11. The van der Waals surface area contributed by atoms with Crippen molar-refractivity contribution in [3.63, 3.8) is 0 Å². The molecule has 1 unspecified atom stereocenters. The fraction of sp³-hybridized carbons (Fsp3) is 0.793. The normalized spacial score (nSPS) is 15.4. The van der Waals surface area contributed by atoms with Crippen molar-refractivity contribution >= 4 is 5.69 Å². The van der Waals surface area contributed by atoms with Crippen LogP contribution in [0.1, 0.15) is 19.3 Å². The van der Waals surface area contributed by atoms with E-state index < -0.39 is 0 Å². The largest absolute Gasteiger partial charge is 0.489 e. The van der Waals surface area contributed by atoms with Crippen LogP contribution in [0.5, 0.6) is 5.75 Å². The van der Waals surface area contributed by atoms with Crippen LogP contribution in [0.2, 0.25) is 0 Å². The summed E-state index contributed by atoms with van der Waals surface area (Å²) >= 11 is 0. The minimum absolute atomic E-state index is 0.0642. The monoisotopic (exact) mass is 589 g/mol. The van der Waals surface area contributed by atoms with Gasteiger partial charge in [-0.15, -0.1) is 0 Å². The molecule has 0 radical (unpaired) electrons. The van der Waals surface area contributed by atoms with Gasteiger partial charge in [0, 0.05) is 6.61 Å². The summed E-state index contributed by atoms with van der Waals surface area (Å²) in [6.07, 6.45) is 3.20. The molecule has 1 aromatic carbocycles. The van der Waals surface area contributed by atoms with Gasteiger partial charge in [-0.1, -0.05) is 12.1 Å². The predicted molar refractivity (Wildman–Crippen MR) is 152 cm³/mol. The van der Waals surface area contributed by atoms with Gasteiger partial charge in [0.05, 0.1) is 118 Å². The molecule has 0 amide bonds. The molecule has 1 saturated heterocycles. The molecule has 1 aromatic rings. The lowest BCUT2D eigenvalue weighted by Gasteiger charge is -2.22. The zero-order chi connectivity index (χ0) is 28.9. The van der Waals surface area contributed by atoms with E-state index in [9.17, 15) is 0 Å². The Kier molecular flexibility index (Phi) is 23.7. The molecular weight excluding hydrogens is 538 g/mol. The summed E-state index contributed by atoms with van der Waals surface area (Å²) in [7, 11) is 0. The second kappa shape index (κ2) is 27.3. The Labute approximate surface area is 244 Å². The maximum absolute atomic E-state index is 5.81. The number of hydrogen-bond donors (Lipinski definition) is 1. The van der Waals surface area contributed by atoms with Gasteiger partial charge in [-0.05, 0) is 31.4 Å². The average Bonchev–Trinajstić information content (AvgIpc) is 3.00. The van der Waals surface area contributed by atoms with Crippen molar-refractivity contribution in [1.29, 1.82) is 0 Å². The van der Waals surface area contributed by atoms with Gasteiger partial charge in [0.1, 0.15) is 12.4 Å². The lowest BCUT2D eigenvalue weighted by atomic mass is 10.2. The van der Waals surface area contributed by atoms with E-state index >= 15 is 0 Å². The number of anilines is 1. The Hall–Kier alpha value is -1.58. The van der Waals surface area contributed by atoms with Crippen molar-refractivity contribution in [2.75, 3.05) is 131 Å². The third kappa shape index (κ3) is 21.7. The summed E-state index contributed by atoms with van der Waals surface area (Å²) in [6.45, 7) is 10.0. The minimum atomic E-state index is -0.0642. The Bertz CT molecular complexity index is 694.